The smallest absolute Gasteiger partial charge is 0.308 e. The Labute approximate surface area is 138 Å². The molecular formula is C16H20N4O4. The van der Waals surface area contributed by atoms with Crippen molar-refractivity contribution in [3.63, 3.8) is 0 Å². The van der Waals surface area contributed by atoms with Gasteiger partial charge in [-0.25, -0.2) is 0 Å². The third kappa shape index (κ3) is 5.01. The molecule has 0 aliphatic heterocycles. The van der Waals surface area contributed by atoms with E-state index in [1.54, 1.807) is 24.3 Å². The standard InChI is InChI=1S/C16H20N4O4/c17-16(18)19-5-1-2-6-24-12-3-4-13-10(8-12)7-11(9-14(21)22)15(23)20-13/h3-4,7-8H,1-2,5-6,9H2,(H,20,23)(H,21,22)(H4,17,18,19). The largest absolute Gasteiger partial charge is 0.494 e. The summed E-state index contributed by atoms with van der Waals surface area (Å²) in [4.78, 5) is 29.1. The molecule has 0 saturated heterocycles. The number of hydrogen-bond donors (Lipinski definition) is 4. The highest BCUT2D eigenvalue weighted by Crippen LogP contribution is 2.19. The number of unbranched alkanes of at least 4 members (excludes halogenated alkanes) is 1. The quantitative estimate of drug-likeness (QED) is 0.316. The maximum absolute atomic E-state index is 11.8. The van der Waals surface area contributed by atoms with Crippen LogP contribution in [0.3, 0.4) is 0 Å². The highest BCUT2D eigenvalue weighted by atomic mass is 16.5. The molecule has 0 spiro atoms. The Hall–Kier alpha value is -3.03. The van der Waals surface area contributed by atoms with E-state index in [0.29, 0.717) is 24.4 Å². The van der Waals surface area contributed by atoms with E-state index in [2.05, 4.69) is 9.98 Å². The molecule has 1 aromatic heterocycles. The summed E-state index contributed by atoms with van der Waals surface area (Å²) >= 11 is 0. The minimum absolute atomic E-state index is 0.0802. The van der Waals surface area contributed by atoms with Gasteiger partial charge in [0.2, 0.25) is 0 Å². The summed E-state index contributed by atoms with van der Waals surface area (Å²) in [5.74, 6) is -0.317. The summed E-state index contributed by atoms with van der Waals surface area (Å²) in [6.07, 6.45) is 1.29. The van der Waals surface area contributed by atoms with Crippen molar-refractivity contribution in [3.8, 4) is 5.75 Å². The molecule has 0 saturated carbocycles. The molecule has 1 aromatic carbocycles. The summed E-state index contributed by atoms with van der Waals surface area (Å²) < 4.78 is 5.65. The van der Waals surface area contributed by atoms with Crippen LogP contribution < -0.4 is 21.8 Å². The van der Waals surface area contributed by atoms with E-state index in [-0.39, 0.29) is 17.9 Å². The fraction of sp³-hybridized carbons (Fsp3) is 0.312. The third-order valence-corrected chi connectivity index (χ3v) is 3.35. The van der Waals surface area contributed by atoms with Gasteiger partial charge in [-0.15, -0.1) is 0 Å². The molecule has 8 heteroatoms. The fourth-order valence-corrected chi connectivity index (χ4v) is 2.23. The second kappa shape index (κ2) is 8.00. The predicted octanol–water partition coefficient (Wildman–Crippen LogP) is 0.588. The predicted molar refractivity (Wildman–Crippen MR) is 91.3 cm³/mol. The number of fused-ring (bicyclic) bond motifs is 1. The first-order chi connectivity index (χ1) is 11.5. The van der Waals surface area contributed by atoms with Crippen LogP contribution in [0.4, 0.5) is 0 Å². The molecule has 0 atom stereocenters. The molecule has 0 aliphatic carbocycles. The first kappa shape index (κ1) is 17.3. The van der Waals surface area contributed by atoms with Gasteiger partial charge in [0.05, 0.1) is 13.0 Å². The highest BCUT2D eigenvalue weighted by molar-refractivity contribution is 5.81. The lowest BCUT2D eigenvalue weighted by Gasteiger charge is -2.07. The Morgan fingerprint density at radius 1 is 1.25 bits per heavy atom. The van der Waals surface area contributed by atoms with E-state index in [9.17, 15) is 9.59 Å². The van der Waals surface area contributed by atoms with Crippen molar-refractivity contribution >= 4 is 22.8 Å². The van der Waals surface area contributed by atoms with E-state index in [1.807, 2.05) is 0 Å². The molecule has 6 N–H and O–H groups in total. The number of pyridine rings is 1. The zero-order valence-corrected chi connectivity index (χ0v) is 13.1. The molecule has 0 fully saturated rings. The molecular weight excluding hydrogens is 312 g/mol. The molecule has 128 valence electrons. The van der Waals surface area contributed by atoms with E-state index < -0.39 is 11.5 Å². The van der Waals surface area contributed by atoms with Gasteiger partial charge in [-0.1, -0.05) is 0 Å². The first-order valence-electron chi connectivity index (χ1n) is 7.51. The van der Waals surface area contributed by atoms with E-state index in [4.69, 9.17) is 21.3 Å². The zero-order valence-electron chi connectivity index (χ0n) is 13.1. The number of nitrogens with zero attached hydrogens (tertiary/aromatic N) is 1. The van der Waals surface area contributed by atoms with Crippen LogP contribution in [-0.4, -0.2) is 35.2 Å². The van der Waals surface area contributed by atoms with Crippen LogP contribution in [0.2, 0.25) is 0 Å². The molecule has 1 heterocycles. The van der Waals surface area contributed by atoms with Crippen molar-refractivity contribution in [2.45, 2.75) is 19.3 Å². The number of hydrogen-bond acceptors (Lipinski definition) is 4. The second-order valence-corrected chi connectivity index (χ2v) is 5.31. The number of carbonyl (C=O) groups is 1. The van der Waals surface area contributed by atoms with Gasteiger partial charge in [-0.2, -0.15) is 0 Å². The van der Waals surface area contributed by atoms with E-state index >= 15 is 0 Å². The summed E-state index contributed by atoms with van der Waals surface area (Å²) in [7, 11) is 0. The average Bonchev–Trinajstić information content (AvgIpc) is 2.51. The molecule has 2 aromatic rings. The first-order valence-corrected chi connectivity index (χ1v) is 7.51. The number of nitrogens with two attached hydrogens (primary N) is 2. The third-order valence-electron chi connectivity index (χ3n) is 3.35. The van der Waals surface area contributed by atoms with Crippen molar-refractivity contribution < 1.29 is 14.6 Å². The van der Waals surface area contributed by atoms with Crippen LogP contribution >= 0.6 is 0 Å². The molecule has 0 aliphatic rings. The molecule has 0 amide bonds. The minimum Gasteiger partial charge on any atom is -0.494 e. The van der Waals surface area contributed by atoms with Gasteiger partial charge >= 0.3 is 5.97 Å². The summed E-state index contributed by atoms with van der Waals surface area (Å²) in [6.45, 7) is 1.07. The number of aliphatic carboxylic acids is 1. The summed E-state index contributed by atoms with van der Waals surface area (Å²) in [6, 6.07) is 6.84. The maximum atomic E-state index is 11.8. The average molecular weight is 332 g/mol. The second-order valence-electron chi connectivity index (χ2n) is 5.31. The lowest BCUT2D eigenvalue weighted by Crippen LogP contribution is -2.23. The van der Waals surface area contributed by atoms with Gasteiger partial charge in [0, 0.05) is 23.0 Å². The van der Waals surface area contributed by atoms with Crippen molar-refractivity contribution in [1.29, 1.82) is 0 Å². The number of aromatic nitrogens is 1. The van der Waals surface area contributed by atoms with Crippen LogP contribution in [0.1, 0.15) is 18.4 Å². The summed E-state index contributed by atoms with van der Waals surface area (Å²) in [5.41, 5.74) is 10.9. The molecule has 0 bridgehead atoms. The Morgan fingerprint density at radius 3 is 2.75 bits per heavy atom. The van der Waals surface area contributed by atoms with Gasteiger partial charge in [-0.05, 0) is 37.1 Å². The van der Waals surface area contributed by atoms with Gasteiger partial charge in [0.15, 0.2) is 5.96 Å². The highest BCUT2D eigenvalue weighted by Gasteiger charge is 2.08. The number of guanidine groups is 1. The zero-order chi connectivity index (χ0) is 17.5. The van der Waals surface area contributed by atoms with E-state index in [1.165, 1.54) is 0 Å². The number of aromatic amines is 1. The topological polar surface area (TPSA) is 144 Å². The Kier molecular flexibility index (Phi) is 5.78. The molecule has 0 radical (unpaired) electrons. The Morgan fingerprint density at radius 2 is 2.04 bits per heavy atom. The molecule has 2 rings (SSSR count). The lowest BCUT2D eigenvalue weighted by atomic mass is 10.1. The monoisotopic (exact) mass is 332 g/mol. The SMILES string of the molecule is NC(N)=NCCCCOc1ccc2[nH]c(=O)c(CC(=O)O)cc2c1. The number of carboxylic acids is 1. The normalized spacial score (nSPS) is 10.5. The van der Waals surface area contributed by atoms with Crippen molar-refractivity contribution in [2.24, 2.45) is 16.5 Å². The number of ether oxygens (including phenoxy) is 1. The van der Waals surface area contributed by atoms with Gasteiger partial charge in [0.25, 0.3) is 5.56 Å². The van der Waals surface area contributed by atoms with Gasteiger partial charge < -0.3 is 26.3 Å². The summed E-state index contributed by atoms with van der Waals surface area (Å²) in [5, 5.41) is 9.56. The van der Waals surface area contributed by atoms with Crippen molar-refractivity contribution in [2.75, 3.05) is 13.2 Å². The van der Waals surface area contributed by atoms with Crippen molar-refractivity contribution in [3.05, 3.63) is 40.2 Å². The van der Waals surface area contributed by atoms with Crippen LogP contribution in [0, 0.1) is 0 Å². The van der Waals surface area contributed by atoms with Crippen molar-refractivity contribution in [1.82, 2.24) is 4.98 Å². The fourth-order valence-electron chi connectivity index (χ4n) is 2.23. The Bertz CT molecular complexity index is 809. The Balaban J connectivity index is 2.01. The molecule has 0 unspecified atom stereocenters. The minimum atomic E-state index is -1.05. The van der Waals surface area contributed by atoms with Gasteiger partial charge in [-0.3, -0.25) is 14.6 Å². The van der Waals surface area contributed by atoms with Crippen LogP contribution in [0.5, 0.6) is 5.75 Å². The number of nitrogens with one attached hydrogen (secondary N) is 1. The molecule has 24 heavy (non-hydrogen) atoms. The van der Waals surface area contributed by atoms with E-state index in [0.717, 1.165) is 18.2 Å². The number of carboxylic acid groups (broad SMARTS) is 1. The maximum Gasteiger partial charge on any atom is 0.308 e. The lowest BCUT2D eigenvalue weighted by molar-refractivity contribution is -0.136. The number of aliphatic imine (C=N–C) groups is 1. The van der Waals surface area contributed by atoms with Crippen LogP contribution in [0.25, 0.3) is 10.9 Å². The van der Waals surface area contributed by atoms with Gasteiger partial charge in [0.1, 0.15) is 5.75 Å². The van der Waals surface area contributed by atoms with Crippen LogP contribution in [0.15, 0.2) is 34.1 Å². The number of H-pyrrole nitrogens is 1. The number of rotatable bonds is 8. The number of benzene rings is 1. The molecule has 8 nitrogen and oxygen atoms in total. The van der Waals surface area contributed by atoms with Crippen LogP contribution in [-0.2, 0) is 11.2 Å².